The minimum absolute atomic E-state index is 0.0553. The number of diazo groups is 1. The zero-order valence-electron chi connectivity index (χ0n) is 6.57. The first kappa shape index (κ1) is 8.50. The molecule has 0 aliphatic carbocycles. The summed E-state index contributed by atoms with van der Waals surface area (Å²) in [5.74, 6) is 0. The number of aliphatic hydroxyl groups is 1. The van der Waals surface area contributed by atoms with Gasteiger partial charge in [0.25, 0.3) is 0 Å². The highest BCUT2D eigenvalue weighted by molar-refractivity contribution is 5.68. The average molecular weight is 164 g/mol. The van der Waals surface area contributed by atoms with Gasteiger partial charge < -0.3 is 10.4 Å². The van der Waals surface area contributed by atoms with Gasteiger partial charge in [0.05, 0.1) is 6.61 Å². The average Bonchev–Trinajstić information content (AvgIpc) is 2.15. The number of benzene rings is 1. The molecule has 0 radical (unpaired) electrons. The van der Waals surface area contributed by atoms with Gasteiger partial charge in [0.2, 0.25) is 5.39 Å². The Morgan fingerprint density at radius 1 is 1.42 bits per heavy atom. The number of aliphatic hydroxyl groups excluding tert-OH is 1. The normalized spacial score (nSPS) is 9.00. The molecule has 0 aliphatic heterocycles. The second-order valence-electron chi connectivity index (χ2n) is 2.27. The minimum Gasteiger partial charge on any atom is -0.395 e. The Hall–Kier alpha value is -1.60. The molecule has 0 amide bonds. The van der Waals surface area contributed by atoms with E-state index in [-0.39, 0.29) is 6.61 Å². The van der Waals surface area contributed by atoms with E-state index in [4.69, 9.17) is 10.5 Å². The van der Waals surface area contributed by atoms with E-state index in [0.29, 0.717) is 17.9 Å². The van der Waals surface area contributed by atoms with Gasteiger partial charge in [0, 0.05) is 12.6 Å². The van der Waals surface area contributed by atoms with E-state index in [9.17, 15) is 0 Å². The Labute approximate surface area is 70.5 Å². The molecule has 0 bridgehead atoms. The van der Waals surface area contributed by atoms with Gasteiger partial charge in [-0.3, -0.25) is 0 Å². The fourth-order valence-corrected chi connectivity index (χ4v) is 0.901. The summed E-state index contributed by atoms with van der Waals surface area (Å²) in [6, 6.07) is 7.07. The number of hydrogen-bond donors (Lipinski definition) is 2. The first-order valence-corrected chi connectivity index (χ1v) is 3.67. The smallest absolute Gasteiger partial charge is 0.395 e. The van der Waals surface area contributed by atoms with Crippen LogP contribution in [0.5, 0.6) is 0 Å². The number of rotatable bonds is 3. The zero-order chi connectivity index (χ0) is 8.81. The van der Waals surface area contributed by atoms with Gasteiger partial charge in [-0.15, -0.1) is 0 Å². The van der Waals surface area contributed by atoms with Gasteiger partial charge in [0.1, 0.15) is 5.69 Å². The molecule has 2 N–H and O–H groups in total. The Bertz CT molecular complexity index is 293. The van der Waals surface area contributed by atoms with Crippen LogP contribution in [-0.4, -0.2) is 18.3 Å². The number of hydrogen-bond acceptors (Lipinski definition) is 3. The second kappa shape index (κ2) is 4.31. The quantitative estimate of drug-likeness (QED) is 0.666. The van der Waals surface area contributed by atoms with Crippen molar-refractivity contribution in [1.82, 2.24) is 0 Å². The van der Waals surface area contributed by atoms with Gasteiger partial charge in [0.15, 0.2) is 4.98 Å². The molecule has 0 aromatic heterocycles. The lowest BCUT2D eigenvalue weighted by molar-refractivity contribution is 0.311. The van der Waals surface area contributed by atoms with E-state index in [1.54, 1.807) is 18.2 Å². The summed E-state index contributed by atoms with van der Waals surface area (Å²) in [6.07, 6.45) is 0. The van der Waals surface area contributed by atoms with Crippen LogP contribution in [-0.2, 0) is 0 Å². The maximum atomic E-state index is 8.54. The van der Waals surface area contributed by atoms with Gasteiger partial charge in [-0.25, -0.2) is 0 Å². The fraction of sp³-hybridized carbons (Fsp3) is 0.250. The lowest BCUT2D eigenvalue weighted by Crippen LogP contribution is -2.04. The Balaban J connectivity index is 2.77. The van der Waals surface area contributed by atoms with Crippen molar-refractivity contribution >= 4 is 11.4 Å². The van der Waals surface area contributed by atoms with Crippen molar-refractivity contribution in [2.24, 2.45) is 0 Å². The molecule has 12 heavy (non-hydrogen) atoms. The SMILES string of the molecule is N#[N+]c1ccccc1NCCO. The van der Waals surface area contributed by atoms with Gasteiger partial charge in [-0.2, -0.15) is 0 Å². The molecule has 4 heteroatoms. The van der Waals surface area contributed by atoms with Crippen LogP contribution in [0.3, 0.4) is 0 Å². The predicted octanol–water partition coefficient (Wildman–Crippen LogP) is 1.58. The van der Waals surface area contributed by atoms with Crippen molar-refractivity contribution in [2.45, 2.75) is 0 Å². The molecule has 0 saturated heterocycles. The van der Waals surface area contributed by atoms with Crippen LogP contribution in [0.4, 0.5) is 11.4 Å². The summed E-state index contributed by atoms with van der Waals surface area (Å²) in [4.78, 5) is 3.08. The number of para-hydroxylation sites is 1. The molecule has 62 valence electrons. The van der Waals surface area contributed by atoms with Crippen LogP contribution in [0.15, 0.2) is 24.3 Å². The third-order valence-corrected chi connectivity index (χ3v) is 1.44. The van der Waals surface area contributed by atoms with E-state index < -0.39 is 0 Å². The first-order chi connectivity index (χ1) is 5.88. The van der Waals surface area contributed by atoms with Crippen LogP contribution in [0.25, 0.3) is 4.98 Å². The zero-order valence-corrected chi connectivity index (χ0v) is 6.57. The third kappa shape index (κ3) is 1.94. The summed E-state index contributed by atoms with van der Waals surface area (Å²) < 4.78 is 0. The van der Waals surface area contributed by atoms with E-state index in [0.717, 1.165) is 0 Å². The van der Waals surface area contributed by atoms with Gasteiger partial charge in [-0.05, 0) is 6.07 Å². The van der Waals surface area contributed by atoms with E-state index >= 15 is 0 Å². The molecule has 1 rings (SSSR count). The molecule has 1 aromatic rings. The standard InChI is InChI=1S/C8H10N3O/c9-11-8-4-2-1-3-7(8)10-5-6-12/h1-4,10,12H,5-6H2/q+1. The van der Waals surface area contributed by atoms with Gasteiger partial charge >= 0.3 is 5.69 Å². The summed E-state index contributed by atoms with van der Waals surface area (Å²) in [5, 5.41) is 20.0. The topological polar surface area (TPSA) is 60.4 Å². The number of nitrogens with zero attached hydrogens (tertiary/aromatic N) is 2. The summed E-state index contributed by atoms with van der Waals surface area (Å²) in [6.45, 7) is 0.506. The van der Waals surface area contributed by atoms with Crippen LogP contribution in [0, 0.1) is 5.39 Å². The molecule has 0 saturated carbocycles. The summed E-state index contributed by atoms with van der Waals surface area (Å²) in [7, 11) is 0. The van der Waals surface area contributed by atoms with Crippen LogP contribution in [0.1, 0.15) is 0 Å². The second-order valence-corrected chi connectivity index (χ2v) is 2.27. The highest BCUT2D eigenvalue weighted by Crippen LogP contribution is 2.23. The Morgan fingerprint density at radius 3 is 2.83 bits per heavy atom. The van der Waals surface area contributed by atoms with E-state index in [2.05, 4.69) is 10.3 Å². The highest BCUT2D eigenvalue weighted by atomic mass is 16.3. The van der Waals surface area contributed by atoms with Crippen molar-refractivity contribution in [3.8, 4) is 0 Å². The molecule has 4 nitrogen and oxygen atoms in total. The van der Waals surface area contributed by atoms with Gasteiger partial charge in [-0.1, -0.05) is 12.1 Å². The molecule has 0 aliphatic rings. The molecule has 0 atom stereocenters. The maximum absolute atomic E-state index is 8.54. The molecule has 0 heterocycles. The maximum Gasteiger partial charge on any atom is 0.407 e. The minimum atomic E-state index is 0.0553. The fourth-order valence-electron chi connectivity index (χ4n) is 0.901. The van der Waals surface area contributed by atoms with E-state index in [1.165, 1.54) is 0 Å². The first-order valence-electron chi connectivity index (χ1n) is 3.67. The molecular weight excluding hydrogens is 154 g/mol. The van der Waals surface area contributed by atoms with E-state index in [1.807, 2.05) is 6.07 Å². The highest BCUT2D eigenvalue weighted by Gasteiger charge is 2.10. The third-order valence-electron chi connectivity index (χ3n) is 1.44. The monoisotopic (exact) mass is 164 g/mol. The molecule has 0 unspecified atom stereocenters. The Morgan fingerprint density at radius 2 is 2.17 bits per heavy atom. The molecular formula is C8H10N3O+. The number of nitrogens with one attached hydrogen (secondary N) is 1. The van der Waals surface area contributed by atoms with Crippen molar-refractivity contribution in [2.75, 3.05) is 18.5 Å². The summed E-state index contributed by atoms with van der Waals surface area (Å²) >= 11 is 0. The number of anilines is 1. The van der Waals surface area contributed by atoms with Crippen molar-refractivity contribution in [1.29, 1.82) is 5.39 Å². The molecule has 0 fully saturated rings. The Kier molecular flexibility index (Phi) is 3.05. The van der Waals surface area contributed by atoms with Crippen molar-refractivity contribution < 1.29 is 5.11 Å². The van der Waals surface area contributed by atoms with Crippen LogP contribution < -0.4 is 5.32 Å². The lowest BCUT2D eigenvalue weighted by Gasteiger charge is -1.99. The lowest BCUT2D eigenvalue weighted by atomic mass is 10.3. The van der Waals surface area contributed by atoms with Crippen molar-refractivity contribution in [3.63, 3.8) is 0 Å². The molecule has 0 spiro atoms. The summed E-state index contributed by atoms with van der Waals surface area (Å²) in [5.41, 5.74) is 1.19. The van der Waals surface area contributed by atoms with Crippen molar-refractivity contribution in [3.05, 3.63) is 29.2 Å². The van der Waals surface area contributed by atoms with Crippen LogP contribution >= 0.6 is 0 Å². The molecule has 1 aromatic carbocycles. The van der Waals surface area contributed by atoms with Crippen LogP contribution in [0.2, 0.25) is 0 Å². The largest absolute Gasteiger partial charge is 0.407 e. The predicted molar refractivity (Wildman–Crippen MR) is 46.8 cm³/mol.